The first-order valence-electron chi connectivity index (χ1n) is 10.4. The molecule has 0 fully saturated rings. The predicted molar refractivity (Wildman–Crippen MR) is 103 cm³/mol. The Balaban J connectivity index is -0.000000166. The Labute approximate surface area is 164 Å². The molecule has 0 amide bonds. The van der Waals surface area contributed by atoms with Crippen LogP contribution in [0, 0.1) is 0 Å². The minimum atomic E-state index is -0.909. The molecule has 5 heteroatoms. The van der Waals surface area contributed by atoms with Crippen LogP contribution in [0.5, 0.6) is 0 Å². The molecule has 0 aliphatic rings. The summed E-state index contributed by atoms with van der Waals surface area (Å²) in [4.78, 5) is 10.1. The number of carbonyl (C=O) groups is 1. The molecule has 0 spiro atoms. The van der Waals surface area contributed by atoms with Crippen LogP contribution in [0.2, 0.25) is 0 Å². The standard InChI is InChI=1S/C12H24O2.2C4H11N.ClH/c1-2-3-4-5-6-7-8-9-10-11-12(13)14;2*1-3-5-4-2;/h2-11H2,1H3,(H,13,14);2*5H,3-4H2,1-2H3;1H. The van der Waals surface area contributed by atoms with Gasteiger partial charge in [0.2, 0.25) is 0 Å². The maximum absolute atomic E-state index is 10.1. The van der Waals surface area contributed by atoms with Gasteiger partial charge in [0.25, 0.3) is 0 Å². The van der Waals surface area contributed by atoms with Gasteiger partial charge in [0.15, 0.2) is 0 Å². The highest BCUT2D eigenvalue weighted by Gasteiger charge is 1.92. The van der Waals surface area contributed by atoms with Gasteiger partial charge in [-0.2, -0.15) is 0 Å². The molecule has 0 aliphatic heterocycles. The molecule has 0 saturated carbocycles. The minimum Gasteiger partial charge on any atom is -1.00 e. The van der Waals surface area contributed by atoms with Crippen LogP contribution in [0.3, 0.4) is 0 Å². The van der Waals surface area contributed by atoms with Gasteiger partial charge in [0, 0.05) is 5.97 Å². The fourth-order valence-electron chi connectivity index (χ4n) is 2.16. The smallest absolute Gasteiger partial charge is 0.0726 e. The topological polar surface area (TPSA) is 73.3 Å². The number of hydrogen-bond acceptors (Lipinski definition) is 2. The lowest BCUT2D eigenvalue weighted by atomic mass is 10.1. The van der Waals surface area contributed by atoms with E-state index in [1.807, 2.05) is 0 Å². The predicted octanol–water partition coefficient (Wildman–Crippen LogP) is -1.16. The first-order valence-corrected chi connectivity index (χ1v) is 10.4. The average Bonchev–Trinajstić information content (AvgIpc) is 2.56. The maximum Gasteiger partial charge on any atom is 0.0726 e. The van der Waals surface area contributed by atoms with Crippen molar-refractivity contribution in [2.45, 2.75) is 98.8 Å². The molecular weight excluding hydrogens is 336 g/mol. The van der Waals surface area contributed by atoms with E-state index >= 15 is 0 Å². The normalized spacial score (nSPS) is 9.16. The van der Waals surface area contributed by atoms with Crippen LogP contribution in [0.4, 0.5) is 0 Å². The molecule has 25 heavy (non-hydrogen) atoms. The Hall–Kier alpha value is -0.320. The van der Waals surface area contributed by atoms with Crippen molar-refractivity contribution in [2.24, 2.45) is 0 Å². The molecule has 0 bridgehead atoms. The second kappa shape index (κ2) is 34.9. The number of unbranched alkanes of at least 4 members (excludes halogenated alkanes) is 8. The zero-order valence-electron chi connectivity index (χ0n) is 17.7. The number of halogens is 1. The van der Waals surface area contributed by atoms with Crippen molar-refractivity contribution in [3.63, 3.8) is 0 Å². The van der Waals surface area contributed by atoms with Crippen molar-refractivity contribution in [3.05, 3.63) is 0 Å². The molecule has 0 aromatic heterocycles. The molecule has 156 valence electrons. The summed E-state index contributed by atoms with van der Waals surface area (Å²) in [6.07, 6.45) is 11.2. The zero-order chi connectivity index (χ0) is 18.9. The number of carboxylic acid groups (broad SMARTS) is 1. The van der Waals surface area contributed by atoms with E-state index in [9.17, 15) is 9.90 Å². The van der Waals surface area contributed by atoms with Crippen molar-refractivity contribution in [2.75, 3.05) is 26.2 Å². The van der Waals surface area contributed by atoms with E-state index in [1.54, 1.807) is 0 Å². The van der Waals surface area contributed by atoms with Gasteiger partial charge in [-0.1, -0.05) is 58.3 Å². The van der Waals surface area contributed by atoms with Gasteiger partial charge in [0.05, 0.1) is 26.2 Å². The van der Waals surface area contributed by atoms with Crippen LogP contribution < -0.4 is 28.1 Å². The van der Waals surface area contributed by atoms with Crippen LogP contribution in [0.1, 0.15) is 98.8 Å². The highest BCUT2D eigenvalue weighted by Crippen LogP contribution is 2.09. The Kier molecular flexibility index (Phi) is 45.2. The Morgan fingerprint density at radius 1 is 0.640 bits per heavy atom. The lowest BCUT2D eigenvalue weighted by molar-refractivity contribution is -0.648. The van der Waals surface area contributed by atoms with Gasteiger partial charge < -0.3 is 32.9 Å². The van der Waals surface area contributed by atoms with E-state index in [4.69, 9.17) is 0 Å². The van der Waals surface area contributed by atoms with Crippen molar-refractivity contribution in [1.29, 1.82) is 0 Å². The fourth-order valence-corrected chi connectivity index (χ4v) is 2.16. The fraction of sp³-hybridized carbons (Fsp3) is 0.950. The average molecular weight is 383 g/mol. The molecule has 0 saturated heterocycles. The second-order valence-electron chi connectivity index (χ2n) is 6.16. The summed E-state index contributed by atoms with van der Waals surface area (Å²) < 4.78 is 0. The van der Waals surface area contributed by atoms with Crippen LogP contribution in [0.25, 0.3) is 0 Å². The first kappa shape index (κ1) is 32.4. The number of quaternary nitrogens is 2. The highest BCUT2D eigenvalue weighted by molar-refractivity contribution is 5.63. The van der Waals surface area contributed by atoms with Crippen molar-refractivity contribution in [1.82, 2.24) is 0 Å². The number of carboxylic acids is 1. The van der Waals surface area contributed by atoms with Gasteiger partial charge in [-0.3, -0.25) is 0 Å². The number of carbonyl (C=O) groups excluding carboxylic acids is 1. The molecule has 0 radical (unpaired) electrons. The number of hydrogen-bond donors (Lipinski definition) is 2. The van der Waals surface area contributed by atoms with Crippen LogP contribution in [-0.2, 0) is 4.79 Å². The summed E-state index contributed by atoms with van der Waals surface area (Å²) in [5.41, 5.74) is 0. The molecule has 0 aromatic rings. The van der Waals surface area contributed by atoms with Crippen LogP contribution in [0.15, 0.2) is 0 Å². The minimum absolute atomic E-state index is 0. The summed E-state index contributed by atoms with van der Waals surface area (Å²) in [6, 6.07) is 0. The Morgan fingerprint density at radius 3 is 1.20 bits per heavy atom. The van der Waals surface area contributed by atoms with Crippen molar-refractivity contribution in [3.8, 4) is 0 Å². The van der Waals surface area contributed by atoms with E-state index in [2.05, 4.69) is 45.3 Å². The molecule has 0 atom stereocenters. The molecule has 4 N–H and O–H groups in total. The molecule has 0 rings (SSSR count). The largest absolute Gasteiger partial charge is 1.00 e. The van der Waals surface area contributed by atoms with Crippen LogP contribution in [-0.4, -0.2) is 32.1 Å². The molecule has 0 aliphatic carbocycles. The van der Waals surface area contributed by atoms with Crippen molar-refractivity contribution < 1.29 is 32.9 Å². The summed E-state index contributed by atoms with van der Waals surface area (Å²) in [5.74, 6) is -0.909. The second-order valence-corrected chi connectivity index (χ2v) is 6.16. The third kappa shape index (κ3) is 51.6. The number of aliphatic carboxylic acids is 1. The molecule has 0 heterocycles. The summed E-state index contributed by atoms with van der Waals surface area (Å²) in [5, 5.41) is 14.6. The molecule has 0 unspecified atom stereocenters. The summed E-state index contributed by atoms with van der Waals surface area (Å²) in [6.45, 7) is 15.7. The van der Waals surface area contributed by atoms with E-state index in [1.165, 1.54) is 71.1 Å². The monoisotopic (exact) mass is 382 g/mol. The molecular formula is C20H47ClN2O2. The van der Waals surface area contributed by atoms with Gasteiger partial charge >= 0.3 is 0 Å². The van der Waals surface area contributed by atoms with Gasteiger partial charge in [0.1, 0.15) is 0 Å². The summed E-state index contributed by atoms with van der Waals surface area (Å²) in [7, 11) is 0. The van der Waals surface area contributed by atoms with E-state index < -0.39 is 5.97 Å². The van der Waals surface area contributed by atoms with Gasteiger partial charge in [-0.05, 0) is 40.5 Å². The van der Waals surface area contributed by atoms with Gasteiger partial charge in [-0.15, -0.1) is 0 Å². The molecule has 4 nitrogen and oxygen atoms in total. The van der Waals surface area contributed by atoms with E-state index in [0.29, 0.717) is 0 Å². The highest BCUT2D eigenvalue weighted by atomic mass is 35.5. The zero-order valence-corrected chi connectivity index (χ0v) is 18.5. The first-order chi connectivity index (χ1) is 11.6. The SMILES string of the molecule is CCCCCCCCCCCC(=O)[O-].CC[NH2+]CC.CC[NH2+]CC.[Cl-]. The Bertz CT molecular complexity index is 208. The maximum atomic E-state index is 10.1. The van der Waals surface area contributed by atoms with Gasteiger partial charge in [-0.25, -0.2) is 0 Å². The summed E-state index contributed by atoms with van der Waals surface area (Å²) >= 11 is 0. The third-order valence-corrected chi connectivity index (χ3v) is 3.64. The Morgan fingerprint density at radius 2 is 0.960 bits per heavy atom. The number of rotatable bonds is 14. The van der Waals surface area contributed by atoms with Crippen molar-refractivity contribution >= 4 is 5.97 Å². The van der Waals surface area contributed by atoms with Crippen LogP contribution >= 0.6 is 0 Å². The third-order valence-electron chi connectivity index (χ3n) is 3.64. The van der Waals surface area contributed by atoms with E-state index in [-0.39, 0.29) is 18.8 Å². The quantitative estimate of drug-likeness (QED) is 0.372. The van der Waals surface area contributed by atoms with E-state index in [0.717, 1.165) is 12.8 Å². The molecule has 0 aromatic carbocycles. The lowest BCUT2D eigenvalue weighted by Gasteiger charge is -2.02. The number of nitrogens with two attached hydrogens (primary N) is 2. The lowest BCUT2D eigenvalue weighted by Crippen LogP contribution is -3.00.